The molecular weight excluding hydrogens is 358 g/mol. The first-order valence-corrected chi connectivity index (χ1v) is 9.52. The molecule has 3 aromatic carbocycles. The van der Waals surface area contributed by atoms with Gasteiger partial charge in [-0.1, -0.05) is 54.5 Å². The maximum Gasteiger partial charge on any atom is 0.255 e. The lowest BCUT2D eigenvalue weighted by molar-refractivity contribution is 0.102. The molecule has 0 aliphatic rings. The van der Waals surface area contributed by atoms with Crippen molar-refractivity contribution >= 4 is 17.3 Å². The van der Waals surface area contributed by atoms with E-state index in [9.17, 15) is 4.79 Å². The Morgan fingerprint density at radius 2 is 1.69 bits per heavy atom. The molecule has 3 aromatic rings. The van der Waals surface area contributed by atoms with Crippen LogP contribution < -0.4 is 11.1 Å². The number of terminal acetylenes is 1. The SMILES string of the molecule is C#CCN(Cc1ccc(C(=O)Nc2ccccc2N)cc1)Cc1ccccc1C. The Hall–Kier alpha value is -3.55. The Morgan fingerprint density at radius 1 is 1.00 bits per heavy atom. The number of aryl methyl sites for hydroxylation is 1. The van der Waals surface area contributed by atoms with E-state index < -0.39 is 0 Å². The number of nitrogen functional groups attached to an aromatic ring is 1. The zero-order valence-corrected chi connectivity index (χ0v) is 16.6. The fraction of sp³-hybridized carbons (Fsp3) is 0.160. The molecule has 0 spiro atoms. The van der Waals surface area contributed by atoms with E-state index in [0.717, 1.165) is 12.1 Å². The van der Waals surface area contributed by atoms with Crippen LogP contribution in [0.15, 0.2) is 72.8 Å². The highest BCUT2D eigenvalue weighted by molar-refractivity contribution is 6.05. The lowest BCUT2D eigenvalue weighted by atomic mass is 10.1. The lowest BCUT2D eigenvalue weighted by Gasteiger charge is -2.21. The Morgan fingerprint density at radius 3 is 2.38 bits per heavy atom. The number of carbonyl (C=O) groups excluding carboxylic acids is 1. The normalized spacial score (nSPS) is 10.5. The molecule has 0 aliphatic carbocycles. The molecule has 3 rings (SSSR count). The molecule has 0 aromatic heterocycles. The maximum absolute atomic E-state index is 12.5. The van der Waals surface area contributed by atoms with Crippen molar-refractivity contribution in [2.75, 3.05) is 17.6 Å². The molecule has 0 heterocycles. The zero-order chi connectivity index (χ0) is 20.6. The minimum atomic E-state index is -0.185. The Bertz CT molecular complexity index is 1020. The summed E-state index contributed by atoms with van der Waals surface area (Å²) < 4.78 is 0. The number of anilines is 2. The van der Waals surface area contributed by atoms with Gasteiger partial charge in [0.25, 0.3) is 5.91 Å². The molecule has 0 atom stereocenters. The van der Waals surface area contributed by atoms with E-state index in [-0.39, 0.29) is 5.91 Å². The van der Waals surface area contributed by atoms with E-state index in [1.54, 1.807) is 12.1 Å². The van der Waals surface area contributed by atoms with Crippen LogP contribution in [0, 0.1) is 19.3 Å². The average molecular weight is 383 g/mol. The van der Waals surface area contributed by atoms with Crippen LogP contribution in [0.5, 0.6) is 0 Å². The van der Waals surface area contributed by atoms with E-state index in [4.69, 9.17) is 12.2 Å². The first-order chi connectivity index (χ1) is 14.1. The first kappa shape index (κ1) is 20.2. The summed E-state index contributed by atoms with van der Waals surface area (Å²) in [5.41, 5.74) is 11.2. The molecule has 29 heavy (non-hydrogen) atoms. The minimum absolute atomic E-state index is 0.185. The van der Waals surface area contributed by atoms with Crippen molar-refractivity contribution in [2.24, 2.45) is 0 Å². The molecule has 3 N–H and O–H groups in total. The van der Waals surface area contributed by atoms with Crippen LogP contribution in [0.3, 0.4) is 0 Å². The van der Waals surface area contributed by atoms with Gasteiger partial charge in [-0.25, -0.2) is 0 Å². The number of rotatable bonds is 7. The molecule has 4 nitrogen and oxygen atoms in total. The number of hydrogen-bond acceptors (Lipinski definition) is 3. The first-order valence-electron chi connectivity index (χ1n) is 9.52. The van der Waals surface area contributed by atoms with Crippen LogP contribution in [0.1, 0.15) is 27.0 Å². The van der Waals surface area contributed by atoms with Crippen molar-refractivity contribution in [3.8, 4) is 12.3 Å². The smallest absolute Gasteiger partial charge is 0.255 e. The summed E-state index contributed by atoms with van der Waals surface area (Å²) in [6.45, 7) is 4.17. The summed E-state index contributed by atoms with van der Waals surface area (Å²) in [6, 6.07) is 23.1. The van der Waals surface area contributed by atoms with Gasteiger partial charge < -0.3 is 11.1 Å². The summed E-state index contributed by atoms with van der Waals surface area (Å²) >= 11 is 0. The molecular formula is C25H25N3O. The van der Waals surface area contributed by atoms with Gasteiger partial charge >= 0.3 is 0 Å². The van der Waals surface area contributed by atoms with Crippen LogP contribution in [0.25, 0.3) is 0 Å². The number of nitrogens with zero attached hydrogens (tertiary/aromatic N) is 1. The van der Waals surface area contributed by atoms with Crippen molar-refractivity contribution in [2.45, 2.75) is 20.0 Å². The van der Waals surface area contributed by atoms with E-state index in [1.165, 1.54) is 11.1 Å². The van der Waals surface area contributed by atoms with E-state index >= 15 is 0 Å². The van der Waals surface area contributed by atoms with Crippen LogP contribution in [0.4, 0.5) is 11.4 Å². The second-order valence-electron chi connectivity index (χ2n) is 7.01. The highest BCUT2D eigenvalue weighted by Crippen LogP contribution is 2.18. The van der Waals surface area contributed by atoms with Crippen LogP contribution >= 0.6 is 0 Å². The molecule has 4 heteroatoms. The molecule has 0 saturated carbocycles. The van der Waals surface area contributed by atoms with E-state index in [0.29, 0.717) is 30.0 Å². The fourth-order valence-corrected chi connectivity index (χ4v) is 3.15. The second kappa shape index (κ2) is 9.59. The largest absolute Gasteiger partial charge is 0.397 e. The second-order valence-corrected chi connectivity index (χ2v) is 7.01. The number of para-hydroxylation sites is 2. The predicted molar refractivity (Wildman–Crippen MR) is 119 cm³/mol. The van der Waals surface area contributed by atoms with Crippen molar-refractivity contribution in [1.82, 2.24) is 4.90 Å². The number of hydrogen-bond donors (Lipinski definition) is 2. The Kier molecular flexibility index (Phi) is 6.67. The highest BCUT2D eigenvalue weighted by Gasteiger charge is 2.10. The van der Waals surface area contributed by atoms with Gasteiger partial charge in [0.05, 0.1) is 17.9 Å². The molecule has 0 fully saturated rings. The topological polar surface area (TPSA) is 58.4 Å². The number of benzene rings is 3. The molecule has 0 aliphatic heterocycles. The Labute approximate surface area is 172 Å². The average Bonchev–Trinajstić information content (AvgIpc) is 2.72. The Balaban J connectivity index is 1.66. The number of amides is 1. The van der Waals surface area contributed by atoms with Crippen molar-refractivity contribution < 1.29 is 4.79 Å². The summed E-state index contributed by atoms with van der Waals surface area (Å²) in [6.07, 6.45) is 5.57. The van der Waals surface area contributed by atoms with Crippen molar-refractivity contribution in [3.63, 3.8) is 0 Å². The van der Waals surface area contributed by atoms with Crippen molar-refractivity contribution in [3.05, 3.63) is 95.1 Å². The third kappa shape index (κ3) is 5.47. The molecule has 1 amide bonds. The molecule has 0 saturated heterocycles. The van der Waals surface area contributed by atoms with E-state index in [2.05, 4.69) is 35.2 Å². The van der Waals surface area contributed by atoms with Crippen LogP contribution in [-0.2, 0) is 13.1 Å². The third-order valence-electron chi connectivity index (χ3n) is 4.80. The van der Waals surface area contributed by atoms with Gasteiger partial charge in [0.2, 0.25) is 0 Å². The van der Waals surface area contributed by atoms with Gasteiger partial charge in [-0.3, -0.25) is 9.69 Å². The summed E-state index contributed by atoms with van der Waals surface area (Å²) in [5.74, 6) is 2.55. The van der Waals surface area contributed by atoms with Crippen LogP contribution in [-0.4, -0.2) is 17.4 Å². The van der Waals surface area contributed by atoms with Gasteiger partial charge in [0, 0.05) is 18.7 Å². The van der Waals surface area contributed by atoms with Gasteiger partial charge in [-0.2, -0.15) is 0 Å². The third-order valence-corrected chi connectivity index (χ3v) is 4.80. The lowest BCUT2D eigenvalue weighted by Crippen LogP contribution is -2.23. The van der Waals surface area contributed by atoms with Gasteiger partial charge in [0.1, 0.15) is 0 Å². The van der Waals surface area contributed by atoms with E-state index in [1.807, 2.05) is 48.5 Å². The van der Waals surface area contributed by atoms with Crippen molar-refractivity contribution in [1.29, 1.82) is 0 Å². The fourth-order valence-electron chi connectivity index (χ4n) is 3.15. The monoisotopic (exact) mass is 383 g/mol. The molecule has 146 valence electrons. The molecule has 0 unspecified atom stereocenters. The van der Waals surface area contributed by atoms with Gasteiger partial charge in [0.15, 0.2) is 0 Å². The molecule has 0 radical (unpaired) electrons. The standard InChI is InChI=1S/C25H25N3O/c1-3-16-28(18-22-9-5-4-8-19(22)2)17-20-12-14-21(15-13-20)25(29)27-24-11-7-6-10-23(24)26/h1,4-15H,16-18,26H2,2H3,(H,27,29). The zero-order valence-electron chi connectivity index (χ0n) is 16.6. The number of nitrogens with one attached hydrogen (secondary N) is 1. The van der Waals surface area contributed by atoms with Crippen LogP contribution in [0.2, 0.25) is 0 Å². The summed E-state index contributed by atoms with van der Waals surface area (Å²) in [5, 5.41) is 2.85. The minimum Gasteiger partial charge on any atom is -0.397 e. The maximum atomic E-state index is 12.5. The highest BCUT2D eigenvalue weighted by atomic mass is 16.1. The predicted octanol–water partition coefficient (Wildman–Crippen LogP) is 4.46. The molecule has 0 bridgehead atoms. The van der Waals surface area contributed by atoms with Gasteiger partial charge in [-0.15, -0.1) is 6.42 Å². The van der Waals surface area contributed by atoms with Gasteiger partial charge in [-0.05, 0) is 47.9 Å². The quantitative estimate of drug-likeness (QED) is 0.468. The number of nitrogens with two attached hydrogens (primary N) is 1. The number of carbonyl (C=O) groups is 1. The summed E-state index contributed by atoms with van der Waals surface area (Å²) in [4.78, 5) is 14.7. The summed E-state index contributed by atoms with van der Waals surface area (Å²) in [7, 11) is 0.